The summed E-state index contributed by atoms with van der Waals surface area (Å²) in [7, 11) is 1.84. The fraction of sp³-hybridized carbons (Fsp3) is 0.500. The molecule has 19 heavy (non-hydrogen) atoms. The normalized spacial score (nSPS) is 19.2. The summed E-state index contributed by atoms with van der Waals surface area (Å²) in [6.07, 6.45) is 0.844. The van der Waals surface area contributed by atoms with Gasteiger partial charge in [0.25, 0.3) is 0 Å². The number of benzene rings is 1. The van der Waals surface area contributed by atoms with Crippen molar-refractivity contribution in [2.24, 2.45) is 0 Å². The molecule has 1 heterocycles. The van der Waals surface area contributed by atoms with Crippen LogP contribution in [0.1, 0.15) is 5.56 Å². The molecule has 1 fully saturated rings. The zero-order chi connectivity index (χ0) is 13.7. The van der Waals surface area contributed by atoms with Crippen LogP contribution in [-0.4, -0.2) is 50.2 Å². The smallest absolute Gasteiger partial charge is 0.241 e. The van der Waals surface area contributed by atoms with Gasteiger partial charge in [-0.2, -0.15) is 0 Å². The molecule has 1 atom stereocenters. The van der Waals surface area contributed by atoms with E-state index in [0.29, 0.717) is 19.8 Å². The van der Waals surface area contributed by atoms with Gasteiger partial charge in [0, 0.05) is 24.6 Å². The number of nitrogens with one attached hydrogen (secondary N) is 1. The molecular weight excluding hydrogens is 308 g/mol. The van der Waals surface area contributed by atoms with E-state index in [1.807, 2.05) is 25.2 Å². The fourth-order valence-electron chi connectivity index (χ4n) is 2.09. The molecule has 0 spiro atoms. The molecule has 1 aromatic rings. The van der Waals surface area contributed by atoms with Gasteiger partial charge in [0.05, 0.1) is 13.2 Å². The maximum atomic E-state index is 12.2. The van der Waals surface area contributed by atoms with Crippen LogP contribution in [0.15, 0.2) is 28.7 Å². The Morgan fingerprint density at radius 1 is 1.53 bits per heavy atom. The van der Waals surface area contributed by atoms with Crippen LogP contribution < -0.4 is 5.32 Å². The average Bonchev–Trinajstić information content (AvgIpc) is 2.46. The van der Waals surface area contributed by atoms with Crippen molar-refractivity contribution in [2.75, 3.05) is 33.4 Å². The maximum absolute atomic E-state index is 12.2. The van der Waals surface area contributed by atoms with Crippen molar-refractivity contribution in [2.45, 2.75) is 12.5 Å². The summed E-state index contributed by atoms with van der Waals surface area (Å²) >= 11 is 3.52. The van der Waals surface area contributed by atoms with E-state index in [4.69, 9.17) is 4.74 Å². The Bertz CT molecular complexity index is 433. The standard InChI is InChI=1S/C14H19BrN2O2/c1-17(14(18)13-10-19-9-7-16-13)8-6-11-4-2-3-5-12(11)15/h2-5,13,16H,6-10H2,1H3. The first-order valence-electron chi connectivity index (χ1n) is 6.48. The minimum absolute atomic E-state index is 0.103. The van der Waals surface area contributed by atoms with Gasteiger partial charge in [-0.05, 0) is 18.1 Å². The second-order valence-corrected chi connectivity index (χ2v) is 5.54. The van der Waals surface area contributed by atoms with Gasteiger partial charge in [0.2, 0.25) is 5.91 Å². The molecule has 1 aliphatic rings. The number of rotatable bonds is 4. The summed E-state index contributed by atoms with van der Waals surface area (Å²) in [4.78, 5) is 13.9. The van der Waals surface area contributed by atoms with Gasteiger partial charge < -0.3 is 15.0 Å². The van der Waals surface area contributed by atoms with Gasteiger partial charge in [-0.25, -0.2) is 0 Å². The molecule has 5 heteroatoms. The van der Waals surface area contributed by atoms with Crippen LogP contribution >= 0.6 is 15.9 Å². The van der Waals surface area contributed by atoms with Crippen LogP contribution in [0, 0.1) is 0 Å². The van der Waals surface area contributed by atoms with Gasteiger partial charge in [-0.15, -0.1) is 0 Å². The number of carbonyl (C=O) groups is 1. The van der Waals surface area contributed by atoms with Crippen LogP contribution in [0.2, 0.25) is 0 Å². The van der Waals surface area contributed by atoms with Crippen LogP contribution in [0.3, 0.4) is 0 Å². The van der Waals surface area contributed by atoms with E-state index >= 15 is 0 Å². The van der Waals surface area contributed by atoms with Gasteiger partial charge in [0.15, 0.2) is 0 Å². The first-order chi connectivity index (χ1) is 9.18. The van der Waals surface area contributed by atoms with Gasteiger partial charge in [-0.3, -0.25) is 4.79 Å². The molecule has 1 amide bonds. The summed E-state index contributed by atoms with van der Waals surface area (Å²) in [5.41, 5.74) is 1.22. The molecule has 1 saturated heterocycles. The molecule has 0 saturated carbocycles. The highest BCUT2D eigenvalue weighted by Crippen LogP contribution is 2.16. The predicted octanol–water partition coefficient (Wildman–Crippen LogP) is 1.44. The zero-order valence-electron chi connectivity index (χ0n) is 11.1. The number of hydrogen-bond acceptors (Lipinski definition) is 3. The Balaban J connectivity index is 1.85. The Hall–Kier alpha value is -0.910. The molecule has 0 aliphatic carbocycles. The molecule has 104 valence electrons. The van der Waals surface area contributed by atoms with Crippen LogP contribution in [0.25, 0.3) is 0 Å². The molecule has 0 bridgehead atoms. The zero-order valence-corrected chi connectivity index (χ0v) is 12.6. The van der Waals surface area contributed by atoms with Crippen LogP contribution in [0.5, 0.6) is 0 Å². The molecule has 1 aliphatic heterocycles. The number of hydrogen-bond donors (Lipinski definition) is 1. The third kappa shape index (κ3) is 4.03. The van der Waals surface area contributed by atoms with E-state index in [-0.39, 0.29) is 11.9 Å². The Labute approximate surface area is 122 Å². The number of halogens is 1. The highest BCUT2D eigenvalue weighted by Gasteiger charge is 2.23. The lowest BCUT2D eigenvalue weighted by molar-refractivity contribution is -0.135. The average molecular weight is 327 g/mol. The van der Waals surface area contributed by atoms with Crippen molar-refractivity contribution < 1.29 is 9.53 Å². The first-order valence-corrected chi connectivity index (χ1v) is 7.27. The predicted molar refractivity (Wildman–Crippen MR) is 78.1 cm³/mol. The number of ether oxygens (including phenoxy) is 1. The van der Waals surface area contributed by atoms with Crippen molar-refractivity contribution in [1.82, 2.24) is 10.2 Å². The van der Waals surface area contributed by atoms with Gasteiger partial charge >= 0.3 is 0 Å². The van der Waals surface area contributed by atoms with Crippen LogP contribution in [0.4, 0.5) is 0 Å². The lowest BCUT2D eigenvalue weighted by Crippen LogP contribution is -2.51. The monoisotopic (exact) mass is 326 g/mol. The molecular formula is C14H19BrN2O2. The van der Waals surface area contributed by atoms with E-state index < -0.39 is 0 Å². The lowest BCUT2D eigenvalue weighted by Gasteiger charge is -2.27. The number of likely N-dealkylation sites (N-methyl/N-ethyl adjacent to an activating group) is 1. The second kappa shape index (κ2) is 7.03. The van der Waals surface area contributed by atoms with E-state index in [1.165, 1.54) is 5.56 Å². The Morgan fingerprint density at radius 2 is 2.32 bits per heavy atom. The van der Waals surface area contributed by atoms with Crippen molar-refractivity contribution in [1.29, 1.82) is 0 Å². The molecule has 1 unspecified atom stereocenters. The van der Waals surface area contributed by atoms with Gasteiger partial charge in [0.1, 0.15) is 6.04 Å². The van der Waals surface area contributed by atoms with Crippen molar-refractivity contribution in [3.05, 3.63) is 34.3 Å². The summed E-state index contributed by atoms with van der Waals surface area (Å²) in [5.74, 6) is 0.103. The topological polar surface area (TPSA) is 41.6 Å². The highest BCUT2D eigenvalue weighted by atomic mass is 79.9. The molecule has 1 aromatic carbocycles. The number of amides is 1. The minimum Gasteiger partial charge on any atom is -0.378 e. The first kappa shape index (κ1) is 14.5. The number of nitrogens with zero attached hydrogens (tertiary/aromatic N) is 1. The van der Waals surface area contributed by atoms with E-state index in [9.17, 15) is 4.79 Å². The third-order valence-corrected chi connectivity index (χ3v) is 4.04. The minimum atomic E-state index is -0.196. The van der Waals surface area contributed by atoms with Crippen molar-refractivity contribution >= 4 is 21.8 Å². The summed E-state index contributed by atoms with van der Waals surface area (Å²) in [5, 5.41) is 3.18. The van der Waals surface area contributed by atoms with Gasteiger partial charge in [-0.1, -0.05) is 34.1 Å². The molecule has 0 radical (unpaired) electrons. The lowest BCUT2D eigenvalue weighted by atomic mass is 10.1. The summed E-state index contributed by atoms with van der Waals surface area (Å²) < 4.78 is 6.41. The van der Waals surface area contributed by atoms with E-state index in [0.717, 1.165) is 17.4 Å². The van der Waals surface area contributed by atoms with Crippen LogP contribution in [-0.2, 0) is 16.0 Å². The molecule has 2 rings (SSSR count). The molecule has 0 aromatic heterocycles. The maximum Gasteiger partial charge on any atom is 0.241 e. The van der Waals surface area contributed by atoms with E-state index in [2.05, 4.69) is 27.3 Å². The fourth-order valence-corrected chi connectivity index (χ4v) is 2.57. The molecule has 4 nitrogen and oxygen atoms in total. The Morgan fingerprint density at radius 3 is 3.00 bits per heavy atom. The summed E-state index contributed by atoms with van der Waals surface area (Å²) in [6, 6.07) is 7.90. The largest absolute Gasteiger partial charge is 0.378 e. The number of morpholine rings is 1. The Kier molecular flexibility index (Phi) is 5.36. The quantitative estimate of drug-likeness (QED) is 0.910. The second-order valence-electron chi connectivity index (χ2n) is 4.68. The number of carbonyl (C=O) groups excluding carboxylic acids is 1. The molecule has 1 N–H and O–H groups in total. The SMILES string of the molecule is CN(CCc1ccccc1Br)C(=O)C1COCCN1. The third-order valence-electron chi connectivity index (χ3n) is 3.27. The van der Waals surface area contributed by atoms with E-state index in [1.54, 1.807) is 4.90 Å². The van der Waals surface area contributed by atoms with Crippen molar-refractivity contribution in [3.8, 4) is 0 Å². The van der Waals surface area contributed by atoms with Crippen molar-refractivity contribution in [3.63, 3.8) is 0 Å². The highest BCUT2D eigenvalue weighted by molar-refractivity contribution is 9.10. The summed E-state index contributed by atoms with van der Waals surface area (Å²) in [6.45, 7) is 2.61.